The summed E-state index contributed by atoms with van der Waals surface area (Å²) >= 11 is 1.38. The molecule has 0 bridgehead atoms. The number of rotatable bonds is 1. The average Bonchev–Trinajstić information content (AvgIpc) is 2.00. The van der Waals surface area contributed by atoms with Crippen LogP contribution in [0.15, 0.2) is 6.20 Å². The molecule has 1 heterocycles. The maximum atomic E-state index is 12.5. The first-order valence-corrected chi connectivity index (χ1v) is 4.83. The first-order valence-electron chi connectivity index (χ1n) is 3.75. The molecular formula is C8H5F5IN. The molecule has 0 fully saturated rings. The molecule has 0 unspecified atom stereocenters. The van der Waals surface area contributed by atoms with Crippen LogP contribution in [0.4, 0.5) is 22.0 Å². The third-order valence-corrected chi connectivity index (χ3v) is 2.67. The summed E-state index contributed by atoms with van der Waals surface area (Å²) in [4.78, 5) is 3.31. The molecule has 7 heteroatoms. The maximum absolute atomic E-state index is 12.5. The lowest BCUT2D eigenvalue weighted by molar-refractivity contribution is -0.139. The predicted octanol–water partition coefficient (Wildman–Crippen LogP) is 3.95. The summed E-state index contributed by atoms with van der Waals surface area (Å²) in [5.41, 5.74) is -2.22. The highest BCUT2D eigenvalue weighted by Crippen LogP contribution is 2.37. The van der Waals surface area contributed by atoms with Crippen LogP contribution in [0.1, 0.15) is 23.1 Å². The van der Waals surface area contributed by atoms with Gasteiger partial charge in [0.25, 0.3) is 6.43 Å². The molecule has 0 saturated heterocycles. The summed E-state index contributed by atoms with van der Waals surface area (Å²) in [6.07, 6.45) is -6.83. The Morgan fingerprint density at radius 2 is 1.87 bits per heavy atom. The second-order valence-electron chi connectivity index (χ2n) is 2.80. The molecule has 1 aromatic heterocycles. The minimum Gasteiger partial charge on any atom is -0.249 e. The van der Waals surface area contributed by atoms with Crippen LogP contribution >= 0.6 is 22.6 Å². The lowest BCUT2D eigenvalue weighted by atomic mass is 10.1. The molecule has 0 aromatic carbocycles. The van der Waals surface area contributed by atoms with Crippen molar-refractivity contribution >= 4 is 22.6 Å². The van der Waals surface area contributed by atoms with Crippen molar-refractivity contribution in [1.29, 1.82) is 0 Å². The normalized spacial score (nSPS) is 12.3. The second kappa shape index (κ2) is 4.18. The van der Waals surface area contributed by atoms with Crippen molar-refractivity contribution in [2.75, 3.05) is 0 Å². The number of nitrogens with zero attached hydrogens (tertiary/aromatic N) is 1. The predicted molar refractivity (Wildman–Crippen MR) is 51.7 cm³/mol. The Morgan fingerprint density at radius 3 is 2.27 bits per heavy atom. The molecule has 1 aromatic rings. The molecule has 0 aliphatic carbocycles. The highest BCUT2D eigenvalue weighted by Gasteiger charge is 2.37. The molecule has 1 rings (SSSR count). The third-order valence-electron chi connectivity index (χ3n) is 1.85. The highest BCUT2D eigenvalue weighted by atomic mass is 127. The average molecular weight is 337 g/mol. The van der Waals surface area contributed by atoms with Gasteiger partial charge in [-0.1, -0.05) is 0 Å². The van der Waals surface area contributed by atoms with Crippen molar-refractivity contribution in [2.45, 2.75) is 19.5 Å². The van der Waals surface area contributed by atoms with Crippen LogP contribution < -0.4 is 0 Å². The van der Waals surface area contributed by atoms with Crippen molar-refractivity contribution in [3.05, 3.63) is 26.6 Å². The molecule has 1 nitrogen and oxygen atoms in total. The highest BCUT2D eigenvalue weighted by molar-refractivity contribution is 14.1. The minimum absolute atomic E-state index is 0.318. The molecule has 0 spiro atoms. The van der Waals surface area contributed by atoms with E-state index in [0.717, 1.165) is 13.1 Å². The molecule has 0 N–H and O–H groups in total. The maximum Gasteiger partial charge on any atom is 0.419 e. The minimum atomic E-state index is -4.65. The van der Waals surface area contributed by atoms with Gasteiger partial charge in [0.2, 0.25) is 0 Å². The largest absolute Gasteiger partial charge is 0.419 e. The van der Waals surface area contributed by atoms with Gasteiger partial charge in [0.05, 0.1) is 5.56 Å². The van der Waals surface area contributed by atoms with Crippen LogP contribution in [0.5, 0.6) is 0 Å². The molecule has 0 aliphatic heterocycles. The van der Waals surface area contributed by atoms with Crippen molar-refractivity contribution in [3.63, 3.8) is 0 Å². The van der Waals surface area contributed by atoms with E-state index in [0.29, 0.717) is 0 Å². The third kappa shape index (κ3) is 2.56. The van der Waals surface area contributed by atoms with Crippen LogP contribution in [0.25, 0.3) is 0 Å². The van der Waals surface area contributed by atoms with Crippen molar-refractivity contribution in [2.24, 2.45) is 0 Å². The first kappa shape index (κ1) is 12.6. The fourth-order valence-corrected chi connectivity index (χ4v) is 1.99. The van der Waals surface area contributed by atoms with Crippen LogP contribution in [0, 0.1) is 10.6 Å². The number of alkyl halides is 5. The summed E-state index contributed by atoms with van der Waals surface area (Å²) in [7, 11) is 0. The number of hydrogen-bond donors (Lipinski definition) is 0. The van der Waals surface area contributed by atoms with E-state index in [9.17, 15) is 22.0 Å². The van der Waals surface area contributed by atoms with Gasteiger partial charge in [0, 0.05) is 11.8 Å². The van der Waals surface area contributed by atoms with E-state index >= 15 is 0 Å². The van der Waals surface area contributed by atoms with Gasteiger partial charge in [0.15, 0.2) is 0 Å². The number of halogens is 6. The standard InChI is InChI=1S/C8H5F5IN/c1-3-4(6(9)10)2-15-7(14)5(3)8(11,12)13/h2,6H,1H3. The van der Waals surface area contributed by atoms with Crippen molar-refractivity contribution in [3.8, 4) is 0 Å². The quantitative estimate of drug-likeness (QED) is 0.430. The summed E-state index contributed by atoms with van der Waals surface area (Å²) in [6.45, 7) is 1.02. The van der Waals surface area contributed by atoms with Crippen LogP contribution in [-0.4, -0.2) is 4.98 Å². The first-order chi connectivity index (χ1) is 6.75. The Labute approximate surface area is 95.8 Å². The summed E-state index contributed by atoms with van der Waals surface area (Å²) in [5.74, 6) is 0. The fraction of sp³-hybridized carbons (Fsp3) is 0.375. The van der Waals surface area contributed by atoms with Gasteiger partial charge in [-0.05, 0) is 35.1 Å². The molecule has 0 radical (unpaired) electrons. The second-order valence-corrected chi connectivity index (χ2v) is 3.82. The number of pyridine rings is 1. The van der Waals surface area contributed by atoms with Gasteiger partial charge in [-0.15, -0.1) is 0 Å². The van der Waals surface area contributed by atoms with Crippen molar-refractivity contribution < 1.29 is 22.0 Å². The number of hydrogen-bond acceptors (Lipinski definition) is 1. The van der Waals surface area contributed by atoms with Gasteiger partial charge >= 0.3 is 6.18 Å². The van der Waals surface area contributed by atoms with Gasteiger partial charge < -0.3 is 0 Å². The van der Waals surface area contributed by atoms with Crippen LogP contribution in [0.2, 0.25) is 0 Å². The zero-order valence-corrected chi connectivity index (χ0v) is 9.53. The molecule has 84 valence electrons. The van der Waals surface area contributed by atoms with Gasteiger partial charge in [0.1, 0.15) is 3.70 Å². The van der Waals surface area contributed by atoms with Gasteiger partial charge in [-0.25, -0.2) is 13.8 Å². The Balaban J connectivity index is 3.44. The SMILES string of the molecule is Cc1c(C(F)F)cnc(I)c1C(F)(F)F. The summed E-state index contributed by atoms with van der Waals surface area (Å²) < 4.78 is 61.7. The van der Waals surface area contributed by atoms with E-state index in [4.69, 9.17) is 0 Å². The zero-order valence-electron chi connectivity index (χ0n) is 7.37. The molecule has 0 atom stereocenters. The molecule has 0 aliphatic rings. The van der Waals surface area contributed by atoms with E-state index in [2.05, 4.69) is 4.98 Å². The van der Waals surface area contributed by atoms with Crippen LogP contribution in [-0.2, 0) is 6.18 Å². The van der Waals surface area contributed by atoms with E-state index in [-0.39, 0.29) is 3.70 Å². The van der Waals surface area contributed by atoms with E-state index in [1.165, 1.54) is 22.6 Å². The van der Waals surface area contributed by atoms with E-state index in [1.54, 1.807) is 0 Å². The Kier molecular flexibility index (Phi) is 3.51. The zero-order chi connectivity index (χ0) is 11.8. The monoisotopic (exact) mass is 337 g/mol. The van der Waals surface area contributed by atoms with Crippen molar-refractivity contribution in [1.82, 2.24) is 4.98 Å². The Morgan fingerprint density at radius 1 is 1.33 bits per heavy atom. The molecule has 0 amide bonds. The Bertz CT molecular complexity index is 374. The van der Waals surface area contributed by atoms with Crippen LogP contribution in [0.3, 0.4) is 0 Å². The fourth-order valence-electron chi connectivity index (χ4n) is 1.14. The lowest BCUT2D eigenvalue weighted by Crippen LogP contribution is -2.13. The van der Waals surface area contributed by atoms with Gasteiger partial charge in [-0.3, -0.25) is 0 Å². The van der Waals surface area contributed by atoms with E-state index in [1.807, 2.05) is 0 Å². The molecular weight excluding hydrogens is 332 g/mol. The van der Waals surface area contributed by atoms with Gasteiger partial charge in [-0.2, -0.15) is 13.2 Å². The summed E-state index contributed by atoms with van der Waals surface area (Å²) in [6, 6.07) is 0. The number of aromatic nitrogens is 1. The molecule has 0 saturated carbocycles. The Hall–Kier alpha value is -0.470. The smallest absolute Gasteiger partial charge is 0.249 e. The summed E-state index contributed by atoms with van der Waals surface area (Å²) in [5, 5.41) is 0. The topological polar surface area (TPSA) is 12.9 Å². The molecule has 15 heavy (non-hydrogen) atoms. The lowest BCUT2D eigenvalue weighted by Gasteiger charge is -2.14. The van der Waals surface area contributed by atoms with E-state index < -0.39 is 29.3 Å².